The van der Waals surface area contributed by atoms with E-state index in [0.717, 1.165) is 31.3 Å². The molecule has 0 fully saturated rings. The van der Waals surface area contributed by atoms with Gasteiger partial charge in [0.25, 0.3) is 0 Å². The number of rotatable bonds is 6. The molecular formula is C13H17ClO2. The van der Waals surface area contributed by atoms with Crippen LogP contribution in [0.1, 0.15) is 30.4 Å². The fraction of sp³-hybridized carbons (Fsp3) is 0.462. The number of aryl methyl sites for hydroxylation is 2. The molecule has 0 N–H and O–H groups in total. The van der Waals surface area contributed by atoms with E-state index < -0.39 is 0 Å². The SMILES string of the molecule is COc1cc(C)c(CCCCC=O)cc1Cl. The number of aldehydes is 1. The quantitative estimate of drug-likeness (QED) is 0.561. The average molecular weight is 241 g/mol. The molecule has 0 saturated heterocycles. The molecule has 16 heavy (non-hydrogen) atoms. The molecule has 0 aromatic heterocycles. The van der Waals surface area contributed by atoms with Gasteiger partial charge in [0.2, 0.25) is 0 Å². The number of hydrogen-bond acceptors (Lipinski definition) is 2. The zero-order valence-corrected chi connectivity index (χ0v) is 10.5. The minimum atomic E-state index is 0.642. The van der Waals surface area contributed by atoms with Crippen molar-refractivity contribution in [2.75, 3.05) is 7.11 Å². The van der Waals surface area contributed by atoms with Crippen LogP contribution in [0.2, 0.25) is 5.02 Å². The van der Waals surface area contributed by atoms with Crippen molar-refractivity contribution < 1.29 is 9.53 Å². The highest BCUT2D eigenvalue weighted by Gasteiger charge is 2.05. The first-order valence-electron chi connectivity index (χ1n) is 5.45. The molecule has 3 heteroatoms. The lowest BCUT2D eigenvalue weighted by atomic mass is 10.0. The second-order valence-electron chi connectivity index (χ2n) is 3.83. The average Bonchev–Trinajstić information content (AvgIpc) is 2.28. The third kappa shape index (κ3) is 3.53. The maximum absolute atomic E-state index is 10.2. The second kappa shape index (κ2) is 6.54. The van der Waals surface area contributed by atoms with Crippen molar-refractivity contribution in [2.45, 2.75) is 32.6 Å². The number of hydrogen-bond donors (Lipinski definition) is 0. The molecule has 88 valence electrons. The summed E-state index contributed by atoms with van der Waals surface area (Å²) in [6, 6.07) is 3.91. The van der Waals surface area contributed by atoms with E-state index in [-0.39, 0.29) is 0 Å². The minimum Gasteiger partial charge on any atom is -0.495 e. The van der Waals surface area contributed by atoms with Crippen molar-refractivity contribution in [3.05, 3.63) is 28.3 Å². The van der Waals surface area contributed by atoms with E-state index in [4.69, 9.17) is 16.3 Å². The van der Waals surface area contributed by atoms with Crippen molar-refractivity contribution in [1.29, 1.82) is 0 Å². The summed E-state index contributed by atoms with van der Waals surface area (Å²) >= 11 is 6.06. The molecule has 0 atom stereocenters. The van der Waals surface area contributed by atoms with Gasteiger partial charge in [0, 0.05) is 6.42 Å². The van der Waals surface area contributed by atoms with Gasteiger partial charge in [-0.1, -0.05) is 11.6 Å². The van der Waals surface area contributed by atoms with Crippen LogP contribution in [0.4, 0.5) is 0 Å². The van der Waals surface area contributed by atoms with Crippen molar-refractivity contribution in [2.24, 2.45) is 0 Å². The Balaban J connectivity index is 2.66. The highest BCUT2D eigenvalue weighted by atomic mass is 35.5. The Hall–Kier alpha value is -1.02. The van der Waals surface area contributed by atoms with Gasteiger partial charge in [-0.2, -0.15) is 0 Å². The van der Waals surface area contributed by atoms with E-state index in [2.05, 4.69) is 0 Å². The van der Waals surface area contributed by atoms with E-state index in [0.29, 0.717) is 11.4 Å². The molecule has 0 radical (unpaired) electrons. The van der Waals surface area contributed by atoms with Crippen LogP contribution < -0.4 is 4.74 Å². The van der Waals surface area contributed by atoms with Crippen molar-refractivity contribution in [3.8, 4) is 5.75 Å². The number of ether oxygens (including phenoxy) is 1. The third-order valence-corrected chi connectivity index (χ3v) is 2.92. The molecule has 1 rings (SSSR count). The van der Waals surface area contributed by atoms with Gasteiger partial charge >= 0.3 is 0 Å². The number of benzene rings is 1. The van der Waals surface area contributed by atoms with Crippen LogP contribution >= 0.6 is 11.6 Å². The summed E-state index contributed by atoms with van der Waals surface area (Å²) in [7, 11) is 1.62. The van der Waals surface area contributed by atoms with Crippen LogP contribution in [-0.2, 0) is 11.2 Å². The summed E-state index contributed by atoms with van der Waals surface area (Å²) in [6.07, 6.45) is 4.52. The normalized spacial score (nSPS) is 10.2. The first kappa shape index (κ1) is 13.0. The molecule has 0 heterocycles. The largest absolute Gasteiger partial charge is 0.495 e. The fourth-order valence-electron chi connectivity index (χ4n) is 1.67. The molecule has 2 nitrogen and oxygen atoms in total. The van der Waals surface area contributed by atoms with Crippen LogP contribution in [-0.4, -0.2) is 13.4 Å². The lowest BCUT2D eigenvalue weighted by molar-refractivity contribution is -0.107. The van der Waals surface area contributed by atoms with E-state index in [1.807, 2.05) is 19.1 Å². The molecule has 0 aliphatic heterocycles. The molecule has 0 amide bonds. The van der Waals surface area contributed by atoms with Crippen LogP contribution in [0, 0.1) is 6.92 Å². The van der Waals surface area contributed by atoms with Crippen LogP contribution in [0.5, 0.6) is 5.75 Å². The van der Waals surface area contributed by atoms with Gasteiger partial charge in [0.05, 0.1) is 12.1 Å². The summed E-state index contributed by atoms with van der Waals surface area (Å²) in [5.74, 6) is 0.718. The number of halogens is 1. The van der Waals surface area contributed by atoms with E-state index in [1.54, 1.807) is 7.11 Å². The van der Waals surface area contributed by atoms with Gasteiger partial charge in [-0.25, -0.2) is 0 Å². The minimum absolute atomic E-state index is 0.642. The molecule has 1 aromatic carbocycles. The van der Waals surface area contributed by atoms with E-state index in [9.17, 15) is 4.79 Å². The van der Waals surface area contributed by atoms with E-state index in [1.165, 1.54) is 11.1 Å². The smallest absolute Gasteiger partial charge is 0.137 e. The fourth-order valence-corrected chi connectivity index (χ4v) is 1.93. The summed E-state index contributed by atoms with van der Waals surface area (Å²) in [5, 5.41) is 0.651. The topological polar surface area (TPSA) is 26.3 Å². The van der Waals surface area contributed by atoms with Crippen LogP contribution in [0.15, 0.2) is 12.1 Å². The lowest BCUT2D eigenvalue weighted by Gasteiger charge is -2.09. The summed E-state index contributed by atoms with van der Waals surface area (Å²) in [5.41, 5.74) is 2.42. The maximum Gasteiger partial charge on any atom is 0.137 e. The molecular weight excluding hydrogens is 224 g/mol. The standard InChI is InChI=1S/C13H17ClO2/c1-10-8-13(16-2)12(14)9-11(10)6-4-3-5-7-15/h7-9H,3-6H2,1-2H3. The number of methoxy groups -OCH3 is 1. The Labute approximate surface area is 102 Å². The zero-order valence-electron chi connectivity index (χ0n) is 9.75. The Kier molecular flexibility index (Phi) is 5.33. The Morgan fingerprint density at radius 1 is 1.38 bits per heavy atom. The number of unbranched alkanes of at least 4 members (excludes halogenated alkanes) is 2. The van der Waals surface area contributed by atoms with Crippen molar-refractivity contribution >= 4 is 17.9 Å². The Morgan fingerprint density at radius 3 is 2.75 bits per heavy atom. The molecule has 0 aliphatic carbocycles. The summed E-state index contributed by atoms with van der Waals surface area (Å²) in [4.78, 5) is 10.2. The van der Waals surface area contributed by atoms with Crippen molar-refractivity contribution in [1.82, 2.24) is 0 Å². The summed E-state index contributed by atoms with van der Waals surface area (Å²) in [6.45, 7) is 2.05. The highest BCUT2D eigenvalue weighted by Crippen LogP contribution is 2.28. The summed E-state index contributed by atoms with van der Waals surface area (Å²) < 4.78 is 5.15. The number of carbonyl (C=O) groups excluding carboxylic acids is 1. The predicted molar refractivity (Wildman–Crippen MR) is 66.4 cm³/mol. The van der Waals surface area contributed by atoms with E-state index >= 15 is 0 Å². The predicted octanol–water partition coefficient (Wildman–Crippen LogP) is 3.57. The van der Waals surface area contributed by atoms with Crippen LogP contribution in [0.3, 0.4) is 0 Å². The molecule has 0 aliphatic rings. The molecule has 0 unspecified atom stereocenters. The van der Waals surface area contributed by atoms with Crippen molar-refractivity contribution in [3.63, 3.8) is 0 Å². The Bertz CT molecular complexity index is 361. The zero-order chi connectivity index (χ0) is 12.0. The molecule has 0 saturated carbocycles. The lowest BCUT2D eigenvalue weighted by Crippen LogP contribution is -1.93. The highest BCUT2D eigenvalue weighted by molar-refractivity contribution is 6.32. The van der Waals surface area contributed by atoms with Crippen LogP contribution in [0.25, 0.3) is 0 Å². The van der Waals surface area contributed by atoms with Gasteiger partial charge in [0.15, 0.2) is 0 Å². The molecule has 0 spiro atoms. The van der Waals surface area contributed by atoms with Gasteiger partial charge < -0.3 is 9.53 Å². The second-order valence-corrected chi connectivity index (χ2v) is 4.23. The monoisotopic (exact) mass is 240 g/mol. The molecule has 1 aromatic rings. The number of carbonyl (C=O) groups is 1. The van der Waals surface area contributed by atoms with Gasteiger partial charge in [-0.3, -0.25) is 0 Å². The van der Waals surface area contributed by atoms with Gasteiger partial charge in [-0.15, -0.1) is 0 Å². The Morgan fingerprint density at radius 2 is 2.12 bits per heavy atom. The molecule has 0 bridgehead atoms. The van der Waals surface area contributed by atoms with Gasteiger partial charge in [0.1, 0.15) is 12.0 Å². The first-order valence-corrected chi connectivity index (χ1v) is 5.83. The first-order chi connectivity index (χ1) is 7.69. The third-order valence-electron chi connectivity index (χ3n) is 2.63. The maximum atomic E-state index is 10.2. The van der Waals surface area contributed by atoms with Gasteiger partial charge in [-0.05, 0) is 49.4 Å².